The fourth-order valence-corrected chi connectivity index (χ4v) is 2.81. The topological polar surface area (TPSA) is 73.9 Å². The van der Waals surface area contributed by atoms with Crippen LogP contribution in [0.5, 0.6) is 11.5 Å². The molecule has 0 bridgehead atoms. The van der Waals surface area contributed by atoms with E-state index in [2.05, 4.69) is 5.32 Å². The molecule has 0 radical (unpaired) electrons. The molecule has 3 aromatic carbocycles. The van der Waals surface area contributed by atoms with Gasteiger partial charge in [0.2, 0.25) is 0 Å². The summed E-state index contributed by atoms with van der Waals surface area (Å²) >= 11 is 0. The van der Waals surface area contributed by atoms with Crippen molar-refractivity contribution < 1.29 is 28.2 Å². The molecule has 0 fully saturated rings. The summed E-state index contributed by atoms with van der Waals surface area (Å²) in [5.74, 6) is -0.735. The highest BCUT2D eigenvalue weighted by molar-refractivity contribution is 5.92. The lowest BCUT2D eigenvalue weighted by Crippen LogP contribution is -2.20. The van der Waals surface area contributed by atoms with Crippen molar-refractivity contribution in [3.8, 4) is 11.5 Å². The van der Waals surface area contributed by atoms with Crippen LogP contribution in [-0.2, 0) is 9.53 Å². The van der Waals surface area contributed by atoms with Crippen LogP contribution in [0.25, 0.3) is 0 Å². The van der Waals surface area contributed by atoms with Gasteiger partial charge >= 0.3 is 5.97 Å². The summed E-state index contributed by atoms with van der Waals surface area (Å²) in [7, 11) is 1.43. The van der Waals surface area contributed by atoms with Crippen molar-refractivity contribution >= 4 is 17.6 Å². The molecule has 3 aromatic rings. The minimum absolute atomic E-state index is 0.288. The molecule has 0 aliphatic rings. The molecule has 160 valence electrons. The fourth-order valence-electron chi connectivity index (χ4n) is 2.81. The Hall–Kier alpha value is -3.87. The maximum atomic E-state index is 12.9. The summed E-state index contributed by atoms with van der Waals surface area (Å²) < 4.78 is 29.2. The van der Waals surface area contributed by atoms with Crippen LogP contribution in [0.1, 0.15) is 28.9 Å². The number of anilines is 1. The molecule has 3 rings (SSSR count). The van der Waals surface area contributed by atoms with Crippen LogP contribution < -0.4 is 14.8 Å². The molecule has 7 heteroatoms. The third kappa shape index (κ3) is 6.05. The van der Waals surface area contributed by atoms with Crippen LogP contribution in [0.15, 0.2) is 72.8 Å². The highest BCUT2D eigenvalue weighted by atomic mass is 19.1. The number of halogens is 1. The van der Waals surface area contributed by atoms with E-state index in [-0.39, 0.29) is 12.4 Å². The molecule has 0 aliphatic heterocycles. The van der Waals surface area contributed by atoms with E-state index in [0.29, 0.717) is 17.0 Å². The first-order chi connectivity index (χ1) is 15.0. The third-order valence-electron chi connectivity index (χ3n) is 4.44. The largest absolute Gasteiger partial charge is 0.493 e. The molecule has 0 saturated carbocycles. The summed E-state index contributed by atoms with van der Waals surface area (Å²) in [4.78, 5) is 24.5. The molecular weight excluding hydrogens is 401 g/mol. The standard InChI is InChI=1S/C24H22FNO5/c1-16(17-6-4-3-5-7-17)31-24(28)18-8-13-21(22(14-18)29-2)30-15-23(27)26-20-11-9-19(25)10-12-20/h3-14,16H,15H2,1-2H3,(H,26,27). The van der Waals surface area contributed by atoms with Gasteiger partial charge in [-0.1, -0.05) is 30.3 Å². The number of methoxy groups -OCH3 is 1. The first-order valence-corrected chi connectivity index (χ1v) is 9.58. The number of nitrogens with one attached hydrogen (secondary N) is 1. The third-order valence-corrected chi connectivity index (χ3v) is 4.44. The minimum Gasteiger partial charge on any atom is -0.493 e. The van der Waals surface area contributed by atoms with Crippen molar-refractivity contribution in [2.24, 2.45) is 0 Å². The van der Waals surface area contributed by atoms with Crippen molar-refractivity contribution in [3.05, 3.63) is 89.7 Å². The first-order valence-electron chi connectivity index (χ1n) is 9.58. The lowest BCUT2D eigenvalue weighted by atomic mass is 10.1. The predicted octanol–water partition coefficient (Wildman–Crippen LogP) is 4.77. The maximum absolute atomic E-state index is 12.9. The van der Waals surface area contributed by atoms with E-state index in [1.54, 1.807) is 6.92 Å². The lowest BCUT2D eigenvalue weighted by Gasteiger charge is -2.15. The van der Waals surface area contributed by atoms with Gasteiger partial charge in [-0.3, -0.25) is 4.79 Å². The fraction of sp³-hybridized carbons (Fsp3) is 0.167. The SMILES string of the molecule is COc1cc(C(=O)OC(C)c2ccccc2)ccc1OCC(=O)Nc1ccc(F)cc1. The van der Waals surface area contributed by atoms with E-state index in [9.17, 15) is 14.0 Å². The number of amides is 1. The van der Waals surface area contributed by atoms with E-state index in [1.165, 1.54) is 49.6 Å². The average Bonchev–Trinajstić information content (AvgIpc) is 2.79. The summed E-state index contributed by atoms with van der Waals surface area (Å²) in [6.07, 6.45) is -0.411. The van der Waals surface area contributed by atoms with E-state index in [4.69, 9.17) is 14.2 Å². The quantitative estimate of drug-likeness (QED) is 0.529. The molecule has 6 nitrogen and oxygen atoms in total. The van der Waals surface area contributed by atoms with Crippen LogP contribution in [0.2, 0.25) is 0 Å². The zero-order chi connectivity index (χ0) is 22.2. The number of carbonyl (C=O) groups excluding carboxylic acids is 2. The highest BCUT2D eigenvalue weighted by Gasteiger charge is 2.17. The van der Waals surface area contributed by atoms with E-state index in [1.807, 2.05) is 30.3 Å². The Morgan fingerprint density at radius 2 is 1.68 bits per heavy atom. The van der Waals surface area contributed by atoms with Crippen molar-refractivity contribution in [3.63, 3.8) is 0 Å². The summed E-state index contributed by atoms with van der Waals surface area (Å²) in [5, 5.41) is 2.60. The minimum atomic E-state index is -0.504. The van der Waals surface area contributed by atoms with Gasteiger partial charge in [0.1, 0.15) is 11.9 Å². The molecule has 0 heterocycles. The molecule has 0 aromatic heterocycles. The zero-order valence-corrected chi connectivity index (χ0v) is 17.1. The lowest BCUT2D eigenvalue weighted by molar-refractivity contribution is -0.118. The molecule has 0 aliphatic carbocycles. The molecule has 1 amide bonds. The van der Waals surface area contributed by atoms with Crippen LogP contribution in [0, 0.1) is 5.82 Å². The Kier molecular flexibility index (Phi) is 7.22. The number of hydrogen-bond acceptors (Lipinski definition) is 5. The highest BCUT2D eigenvalue weighted by Crippen LogP contribution is 2.29. The first kappa shape index (κ1) is 21.8. The van der Waals surface area contributed by atoms with Gasteiger partial charge in [0, 0.05) is 5.69 Å². The van der Waals surface area contributed by atoms with E-state index in [0.717, 1.165) is 5.56 Å². The van der Waals surface area contributed by atoms with Crippen molar-refractivity contribution in [2.45, 2.75) is 13.0 Å². The molecule has 1 unspecified atom stereocenters. The van der Waals surface area contributed by atoms with Crippen molar-refractivity contribution in [1.82, 2.24) is 0 Å². The van der Waals surface area contributed by atoms with Gasteiger partial charge in [-0.15, -0.1) is 0 Å². The Balaban J connectivity index is 1.60. The van der Waals surface area contributed by atoms with Crippen LogP contribution in [0.4, 0.5) is 10.1 Å². The average molecular weight is 423 g/mol. The molecule has 31 heavy (non-hydrogen) atoms. The molecular formula is C24H22FNO5. The van der Waals surface area contributed by atoms with Gasteiger partial charge in [-0.25, -0.2) is 9.18 Å². The van der Waals surface area contributed by atoms with Gasteiger partial charge in [0.15, 0.2) is 18.1 Å². The van der Waals surface area contributed by atoms with Gasteiger partial charge in [-0.2, -0.15) is 0 Å². The Morgan fingerprint density at radius 1 is 0.968 bits per heavy atom. The maximum Gasteiger partial charge on any atom is 0.338 e. The molecule has 0 saturated heterocycles. The van der Waals surface area contributed by atoms with Crippen LogP contribution in [-0.4, -0.2) is 25.6 Å². The number of rotatable bonds is 8. The Morgan fingerprint density at radius 3 is 2.35 bits per heavy atom. The summed E-state index contributed by atoms with van der Waals surface area (Å²) in [6, 6.07) is 19.4. The normalized spacial score (nSPS) is 11.3. The summed E-state index contributed by atoms with van der Waals surface area (Å²) in [6.45, 7) is 1.50. The molecule has 1 atom stereocenters. The van der Waals surface area contributed by atoms with E-state index < -0.39 is 23.8 Å². The van der Waals surface area contributed by atoms with Crippen molar-refractivity contribution in [2.75, 3.05) is 19.0 Å². The predicted molar refractivity (Wildman–Crippen MR) is 114 cm³/mol. The smallest absolute Gasteiger partial charge is 0.338 e. The number of esters is 1. The number of carbonyl (C=O) groups is 2. The second-order valence-electron chi connectivity index (χ2n) is 6.67. The van der Waals surface area contributed by atoms with Crippen LogP contribution >= 0.6 is 0 Å². The Labute approximate surface area is 179 Å². The van der Waals surface area contributed by atoms with Gasteiger partial charge in [0.25, 0.3) is 5.91 Å². The van der Waals surface area contributed by atoms with Gasteiger partial charge in [0.05, 0.1) is 12.7 Å². The number of hydrogen-bond donors (Lipinski definition) is 1. The second-order valence-corrected chi connectivity index (χ2v) is 6.67. The van der Waals surface area contributed by atoms with Crippen molar-refractivity contribution in [1.29, 1.82) is 0 Å². The van der Waals surface area contributed by atoms with E-state index >= 15 is 0 Å². The monoisotopic (exact) mass is 423 g/mol. The Bertz CT molecular complexity index is 1040. The summed E-state index contributed by atoms with van der Waals surface area (Å²) in [5.41, 5.74) is 1.63. The zero-order valence-electron chi connectivity index (χ0n) is 17.1. The number of benzene rings is 3. The number of ether oxygens (including phenoxy) is 3. The van der Waals surface area contributed by atoms with Gasteiger partial charge < -0.3 is 19.5 Å². The molecule has 0 spiro atoms. The van der Waals surface area contributed by atoms with Gasteiger partial charge in [-0.05, 0) is 55.0 Å². The second kappa shape index (κ2) is 10.2. The van der Waals surface area contributed by atoms with Crippen LogP contribution in [0.3, 0.4) is 0 Å². The molecule has 1 N–H and O–H groups in total.